The molecule has 2 heterocycles. The van der Waals surface area contributed by atoms with Crippen LogP contribution in [0, 0.1) is 15.9 Å². The minimum atomic E-state index is -0.417. The summed E-state index contributed by atoms with van der Waals surface area (Å²) in [6, 6.07) is 13.4. The number of carbonyl (C=O) groups is 1. The smallest absolute Gasteiger partial charge is 0.269 e. The molecule has 1 unspecified atom stereocenters. The molecular weight excluding hydrogens is 546 g/mol. The largest absolute Gasteiger partial charge is 0.364 e. The molecule has 0 radical (unpaired) electrons. The first kappa shape index (κ1) is 28.7. The van der Waals surface area contributed by atoms with Gasteiger partial charge in [-0.25, -0.2) is 14.4 Å². The van der Waals surface area contributed by atoms with Crippen LogP contribution in [0.4, 0.5) is 15.8 Å². The number of nitrogens with one attached hydrogen (secondary N) is 1. The van der Waals surface area contributed by atoms with Gasteiger partial charge in [0, 0.05) is 56.1 Å². The van der Waals surface area contributed by atoms with Crippen LogP contribution >= 0.6 is 23.2 Å². The number of amides is 1. The topological polar surface area (TPSA) is 104 Å². The molecule has 2 aromatic carbocycles. The van der Waals surface area contributed by atoms with Crippen molar-refractivity contribution < 1.29 is 14.1 Å². The predicted octanol–water partition coefficient (Wildman–Crippen LogP) is 5.51. The van der Waals surface area contributed by atoms with Gasteiger partial charge in [-0.15, -0.1) is 0 Å². The third-order valence-electron chi connectivity index (χ3n) is 7.03. The lowest BCUT2D eigenvalue weighted by molar-refractivity contribution is -0.384. The zero-order chi connectivity index (χ0) is 27.9. The van der Waals surface area contributed by atoms with Gasteiger partial charge in [0.15, 0.2) is 0 Å². The number of rotatable bonds is 10. The highest BCUT2D eigenvalue weighted by Crippen LogP contribution is 2.29. The highest BCUT2D eigenvalue weighted by atomic mass is 35.5. The number of carbonyl (C=O) groups excluding carboxylic acids is 1. The van der Waals surface area contributed by atoms with Crippen molar-refractivity contribution in [2.75, 3.05) is 24.5 Å². The van der Waals surface area contributed by atoms with Crippen molar-refractivity contribution in [3.63, 3.8) is 0 Å². The van der Waals surface area contributed by atoms with Gasteiger partial charge in [-0.05, 0) is 56.0 Å². The van der Waals surface area contributed by atoms with Crippen LogP contribution in [0.1, 0.15) is 42.1 Å². The summed E-state index contributed by atoms with van der Waals surface area (Å²) in [6.45, 7) is 4.75. The number of nitrogens with zero attached hydrogens (tertiary/aromatic N) is 5. The van der Waals surface area contributed by atoms with Gasteiger partial charge < -0.3 is 15.1 Å². The molecule has 0 aliphatic carbocycles. The van der Waals surface area contributed by atoms with E-state index in [0.29, 0.717) is 13.1 Å². The van der Waals surface area contributed by atoms with Crippen molar-refractivity contribution in [3.8, 4) is 0 Å². The van der Waals surface area contributed by atoms with E-state index in [-0.39, 0.29) is 39.5 Å². The maximum absolute atomic E-state index is 13.9. The molecule has 1 saturated heterocycles. The van der Waals surface area contributed by atoms with E-state index in [2.05, 4.69) is 32.0 Å². The Morgan fingerprint density at radius 2 is 1.85 bits per heavy atom. The van der Waals surface area contributed by atoms with Crippen molar-refractivity contribution in [2.24, 2.45) is 0 Å². The molecule has 39 heavy (non-hydrogen) atoms. The third-order valence-corrected chi connectivity index (χ3v) is 7.60. The SMILES string of the molecule is CC(CCNC(=O)c1c(Cl)ncnc1Cl)N1CCC(N(Cc2cccc(F)c2)c2ccc([N+](=O)[O-])cc2)CC1. The van der Waals surface area contributed by atoms with E-state index < -0.39 is 10.8 Å². The molecular formula is C27H29Cl2FN6O3. The Morgan fingerprint density at radius 1 is 1.18 bits per heavy atom. The minimum Gasteiger partial charge on any atom is -0.364 e. The van der Waals surface area contributed by atoms with Gasteiger partial charge in [0.25, 0.3) is 11.6 Å². The lowest BCUT2D eigenvalue weighted by Crippen LogP contribution is -2.48. The van der Waals surface area contributed by atoms with E-state index in [9.17, 15) is 19.3 Å². The fourth-order valence-electron chi connectivity index (χ4n) is 4.86. The van der Waals surface area contributed by atoms with Crippen molar-refractivity contribution >= 4 is 40.5 Å². The molecule has 9 nitrogen and oxygen atoms in total. The average Bonchev–Trinajstić information content (AvgIpc) is 2.92. The second-order valence-corrected chi connectivity index (χ2v) is 10.2. The number of nitro benzene ring substituents is 1. The quantitative estimate of drug-likeness (QED) is 0.193. The first-order valence-electron chi connectivity index (χ1n) is 12.7. The number of piperidine rings is 1. The van der Waals surface area contributed by atoms with Crippen LogP contribution in [0.5, 0.6) is 0 Å². The van der Waals surface area contributed by atoms with Gasteiger partial charge in [0.05, 0.1) is 4.92 Å². The van der Waals surface area contributed by atoms with E-state index in [0.717, 1.165) is 43.6 Å². The predicted molar refractivity (Wildman–Crippen MR) is 149 cm³/mol. The number of nitro groups is 1. The highest BCUT2D eigenvalue weighted by molar-refractivity contribution is 6.38. The monoisotopic (exact) mass is 574 g/mol. The number of hydrogen-bond acceptors (Lipinski definition) is 7. The number of benzene rings is 2. The number of hydrogen-bond donors (Lipinski definition) is 1. The van der Waals surface area contributed by atoms with Crippen LogP contribution in [0.15, 0.2) is 54.9 Å². The summed E-state index contributed by atoms with van der Waals surface area (Å²) in [7, 11) is 0. The van der Waals surface area contributed by atoms with Crippen LogP contribution < -0.4 is 10.2 Å². The summed E-state index contributed by atoms with van der Waals surface area (Å²) in [5.74, 6) is -0.705. The lowest BCUT2D eigenvalue weighted by Gasteiger charge is -2.42. The Morgan fingerprint density at radius 3 is 2.46 bits per heavy atom. The van der Waals surface area contributed by atoms with Crippen LogP contribution in [-0.2, 0) is 6.54 Å². The van der Waals surface area contributed by atoms with E-state index in [4.69, 9.17) is 23.2 Å². The number of non-ortho nitro benzene ring substituents is 1. The third kappa shape index (κ3) is 7.40. The van der Waals surface area contributed by atoms with Gasteiger partial charge in [-0.3, -0.25) is 14.9 Å². The Labute approximate surface area is 236 Å². The van der Waals surface area contributed by atoms with Gasteiger partial charge in [-0.2, -0.15) is 0 Å². The number of halogens is 3. The molecule has 1 N–H and O–H groups in total. The average molecular weight is 575 g/mol. The molecule has 0 bridgehead atoms. The second kappa shape index (κ2) is 13.1. The Hall–Kier alpha value is -3.34. The van der Waals surface area contributed by atoms with Gasteiger partial charge >= 0.3 is 0 Å². The maximum Gasteiger partial charge on any atom is 0.269 e. The fourth-order valence-corrected chi connectivity index (χ4v) is 5.35. The normalized spacial score (nSPS) is 15.1. The molecule has 1 aliphatic heterocycles. The maximum atomic E-state index is 13.9. The zero-order valence-corrected chi connectivity index (χ0v) is 22.9. The zero-order valence-electron chi connectivity index (χ0n) is 21.4. The summed E-state index contributed by atoms with van der Waals surface area (Å²) >= 11 is 12.0. The van der Waals surface area contributed by atoms with Gasteiger partial charge in [0.2, 0.25) is 0 Å². The van der Waals surface area contributed by atoms with Gasteiger partial charge in [-0.1, -0.05) is 35.3 Å². The van der Waals surface area contributed by atoms with E-state index in [1.165, 1.54) is 30.6 Å². The summed E-state index contributed by atoms with van der Waals surface area (Å²) in [6.07, 6.45) is 3.67. The fraction of sp³-hybridized carbons (Fsp3) is 0.370. The summed E-state index contributed by atoms with van der Waals surface area (Å²) in [5, 5.41) is 14.0. The standard InChI is InChI=1S/C27H29Cl2FN6O3/c1-18(9-12-31-27(37)24-25(28)32-17-33-26(24)29)34-13-10-22(11-14-34)35(16-19-3-2-4-20(30)15-19)21-5-7-23(8-6-21)36(38)39/h2-8,15,17-18,22H,9-14,16H2,1H3,(H,31,37). The minimum absolute atomic E-state index is 0.0124. The molecule has 4 rings (SSSR count). The summed E-state index contributed by atoms with van der Waals surface area (Å²) < 4.78 is 13.9. The van der Waals surface area contributed by atoms with E-state index >= 15 is 0 Å². The molecule has 1 amide bonds. The molecule has 1 fully saturated rings. The highest BCUT2D eigenvalue weighted by Gasteiger charge is 2.28. The molecule has 206 valence electrons. The molecule has 0 spiro atoms. The molecule has 1 aromatic heterocycles. The number of likely N-dealkylation sites (tertiary alicyclic amines) is 1. The van der Waals surface area contributed by atoms with Crippen molar-refractivity contribution in [2.45, 2.75) is 44.8 Å². The number of anilines is 1. The molecule has 12 heteroatoms. The van der Waals surface area contributed by atoms with Crippen molar-refractivity contribution in [1.82, 2.24) is 20.2 Å². The summed E-state index contributed by atoms with van der Waals surface area (Å²) in [4.78, 5) is 35.4. The molecule has 0 saturated carbocycles. The summed E-state index contributed by atoms with van der Waals surface area (Å²) in [5.41, 5.74) is 1.80. The van der Waals surface area contributed by atoms with Crippen LogP contribution in [0.3, 0.4) is 0 Å². The van der Waals surface area contributed by atoms with Crippen LogP contribution in [0.2, 0.25) is 10.3 Å². The molecule has 1 aliphatic rings. The van der Waals surface area contributed by atoms with Crippen LogP contribution in [-0.4, -0.2) is 57.4 Å². The second-order valence-electron chi connectivity index (χ2n) is 9.52. The van der Waals surface area contributed by atoms with E-state index in [1.807, 2.05) is 6.07 Å². The first-order valence-corrected chi connectivity index (χ1v) is 13.4. The van der Waals surface area contributed by atoms with Crippen molar-refractivity contribution in [1.29, 1.82) is 0 Å². The Kier molecular flexibility index (Phi) is 9.66. The first-order chi connectivity index (χ1) is 18.7. The Balaban J connectivity index is 1.35. The molecule has 3 aromatic rings. The van der Waals surface area contributed by atoms with Gasteiger partial charge in [0.1, 0.15) is 28.0 Å². The molecule has 1 atom stereocenters. The van der Waals surface area contributed by atoms with Crippen LogP contribution in [0.25, 0.3) is 0 Å². The number of aromatic nitrogens is 2. The van der Waals surface area contributed by atoms with E-state index in [1.54, 1.807) is 18.2 Å². The Bertz CT molecular complexity index is 1280. The van der Waals surface area contributed by atoms with Crippen molar-refractivity contribution in [3.05, 3.63) is 92.2 Å². The lowest BCUT2D eigenvalue weighted by atomic mass is 9.99.